The molecule has 1 rings (SSSR count). The van der Waals surface area contributed by atoms with Crippen molar-refractivity contribution in [1.29, 1.82) is 0 Å². The number of aliphatic hydroxyl groups is 1. The molecule has 0 amide bonds. The van der Waals surface area contributed by atoms with Gasteiger partial charge < -0.3 is 5.11 Å². The first-order valence-corrected chi connectivity index (χ1v) is 3.53. The van der Waals surface area contributed by atoms with Crippen LogP contribution >= 0.6 is 0 Å². The van der Waals surface area contributed by atoms with Gasteiger partial charge in [-0.25, -0.2) is 4.39 Å². The van der Waals surface area contributed by atoms with Gasteiger partial charge in [-0.2, -0.15) is 0 Å². The molecule has 1 aromatic heterocycles. The Labute approximate surface area is 64.7 Å². The Morgan fingerprint density at radius 3 is 3.00 bits per heavy atom. The van der Waals surface area contributed by atoms with Crippen molar-refractivity contribution in [2.45, 2.75) is 19.4 Å². The van der Waals surface area contributed by atoms with Crippen molar-refractivity contribution in [3.05, 3.63) is 29.8 Å². The van der Waals surface area contributed by atoms with E-state index in [9.17, 15) is 9.50 Å². The van der Waals surface area contributed by atoms with E-state index in [1.807, 2.05) is 0 Å². The molecular formula is C8H10FNO. The second kappa shape index (κ2) is 3.44. The predicted molar refractivity (Wildman–Crippen MR) is 39.4 cm³/mol. The van der Waals surface area contributed by atoms with Crippen molar-refractivity contribution in [2.75, 3.05) is 0 Å². The van der Waals surface area contributed by atoms with Crippen LogP contribution in [-0.2, 0) is 0 Å². The summed E-state index contributed by atoms with van der Waals surface area (Å²) in [6.07, 6.45) is 2.38. The smallest absolute Gasteiger partial charge is 0.147 e. The third-order valence-corrected chi connectivity index (χ3v) is 1.55. The standard InChI is InChI=1S/C8H10FNO/c1-2-8(11)6-3-4-10-5-7(6)9/h3-5,8,11H,2H2,1H3/t8-/m0/s1. The molecule has 0 saturated heterocycles. The van der Waals surface area contributed by atoms with Crippen molar-refractivity contribution in [3.63, 3.8) is 0 Å². The monoisotopic (exact) mass is 155 g/mol. The zero-order valence-corrected chi connectivity index (χ0v) is 6.29. The Hall–Kier alpha value is -0.960. The van der Waals surface area contributed by atoms with Crippen LogP contribution in [0.15, 0.2) is 18.5 Å². The lowest BCUT2D eigenvalue weighted by atomic mass is 10.1. The molecule has 1 heterocycles. The van der Waals surface area contributed by atoms with Gasteiger partial charge in [0.2, 0.25) is 0 Å². The van der Waals surface area contributed by atoms with E-state index in [0.717, 1.165) is 6.20 Å². The minimum atomic E-state index is -0.710. The third kappa shape index (κ3) is 1.74. The molecule has 2 nitrogen and oxygen atoms in total. The van der Waals surface area contributed by atoms with Gasteiger partial charge in [0.1, 0.15) is 5.82 Å². The molecule has 0 aliphatic heterocycles. The number of hydrogen-bond donors (Lipinski definition) is 1. The average Bonchev–Trinajstić information content (AvgIpc) is 2.04. The molecule has 0 radical (unpaired) electrons. The van der Waals surface area contributed by atoms with Gasteiger partial charge in [-0.3, -0.25) is 4.98 Å². The van der Waals surface area contributed by atoms with Gasteiger partial charge in [0.05, 0.1) is 12.3 Å². The van der Waals surface area contributed by atoms with E-state index in [1.165, 1.54) is 12.3 Å². The van der Waals surface area contributed by atoms with E-state index < -0.39 is 11.9 Å². The van der Waals surface area contributed by atoms with Crippen molar-refractivity contribution in [1.82, 2.24) is 4.98 Å². The first-order chi connectivity index (χ1) is 5.25. The third-order valence-electron chi connectivity index (χ3n) is 1.55. The molecule has 0 aliphatic rings. The van der Waals surface area contributed by atoms with Gasteiger partial charge >= 0.3 is 0 Å². The van der Waals surface area contributed by atoms with Crippen LogP contribution in [0.1, 0.15) is 25.0 Å². The quantitative estimate of drug-likeness (QED) is 0.704. The zero-order chi connectivity index (χ0) is 8.27. The van der Waals surface area contributed by atoms with E-state index in [4.69, 9.17) is 0 Å². The molecule has 0 bridgehead atoms. The van der Waals surface area contributed by atoms with E-state index in [-0.39, 0.29) is 0 Å². The lowest BCUT2D eigenvalue weighted by molar-refractivity contribution is 0.168. The van der Waals surface area contributed by atoms with Crippen LogP contribution in [0.5, 0.6) is 0 Å². The van der Waals surface area contributed by atoms with Gasteiger partial charge in [-0.15, -0.1) is 0 Å². The van der Waals surface area contributed by atoms with Crippen molar-refractivity contribution in [3.8, 4) is 0 Å². The maximum Gasteiger partial charge on any atom is 0.147 e. The van der Waals surface area contributed by atoms with Crippen molar-refractivity contribution in [2.24, 2.45) is 0 Å². The predicted octanol–water partition coefficient (Wildman–Crippen LogP) is 1.66. The van der Waals surface area contributed by atoms with Crippen LogP contribution in [0.25, 0.3) is 0 Å². The summed E-state index contributed by atoms with van der Waals surface area (Å²) in [6, 6.07) is 1.49. The van der Waals surface area contributed by atoms with Gasteiger partial charge in [0.25, 0.3) is 0 Å². The van der Waals surface area contributed by atoms with Crippen LogP contribution < -0.4 is 0 Å². The Morgan fingerprint density at radius 1 is 1.73 bits per heavy atom. The van der Waals surface area contributed by atoms with E-state index >= 15 is 0 Å². The van der Waals surface area contributed by atoms with E-state index in [2.05, 4.69) is 4.98 Å². The maximum atomic E-state index is 12.8. The molecule has 0 aliphatic carbocycles. The molecule has 0 spiro atoms. The van der Waals surface area contributed by atoms with Gasteiger partial charge in [-0.1, -0.05) is 6.92 Å². The number of aromatic nitrogens is 1. The first kappa shape index (κ1) is 8.14. The minimum Gasteiger partial charge on any atom is -0.388 e. The lowest BCUT2D eigenvalue weighted by Crippen LogP contribution is -1.98. The highest BCUT2D eigenvalue weighted by Crippen LogP contribution is 2.17. The second-order valence-electron chi connectivity index (χ2n) is 2.32. The van der Waals surface area contributed by atoms with Gasteiger partial charge in [-0.05, 0) is 12.5 Å². The molecule has 1 atom stereocenters. The molecule has 11 heavy (non-hydrogen) atoms. The Morgan fingerprint density at radius 2 is 2.45 bits per heavy atom. The second-order valence-corrected chi connectivity index (χ2v) is 2.32. The molecular weight excluding hydrogens is 145 g/mol. The van der Waals surface area contributed by atoms with E-state index in [1.54, 1.807) is 6.92 Å². The first-order valence-electron chi connectivity index (χ1n) is 3.53. The van der Waals surface area contributed by atoms with Crippen LogP contribution in [0, 0.1) is 5.82 Å². The number of rotatable bonds is 2. The normalized spacial score (nSPS) is 13.0. The number of halogens is 1. The molecule has 3 heteroatoms. The molecule has 0 saturated carbocycles. The molecule has 0 aromatic carbocycles. The summed E-state index contributed by atoms with van der Waals surface area (Å²) in [5, 5.41) is 9.24. The SMILES string of the molecule is CC[C@H](O)c1ccncc1F. The highest BCUT2D eigenvalue weighted by molar-refractivity contribution is 5.15. The van der Waals surface area contributed by atoms with E-state index in [0.29, 0.717) is 12.0 Å². The summed E-state index contributed by atoms with van der Waals surface area (Å²) < 4.78 is 12.8. The largest absolute Gasteiger partial charge is 0.388 e. The Kier molecular flexibility index (Phi) is 2.54. The molecule has 1 aromatic rings. The summed E-state index contributed by atoms with van der Waals surface area (Å²) in [5.74, 6) is -0.443. The highest BCUT2D eigenvalue weighted by Gasteiger charge is 2.08. The molecule has 1 N–H and O–H groups in total. The fraction of sp³-hybridized carbons (Fsp3) is 0.375. The number of hydrogen-bond acceptors (Lipinski definition) is 2. The summed E-state index contributed by atoms with van der Waals surface area (Å²) in [6.45, 7) is 1.80. The zero-order valence-electron chi connectivity index (χ0n) is 6.29. The number of pyridine rings is 1. The van der Waals surface area contributed by atoms with Crippen molar-refractivity contribution < 1.29 is 9.50 Å². The van der Waals surface area contributed by atoms with Crippen molar-refractivity contribution >= 4 is 0 Å². The lowest BCUT2D eigenvalue weighted by Gasteiger charge is -2.07. The average molecular weight is 155 g/mol. The van der Waals surface area contributed by atoms with Gasteiger partial charge in [0.15, 0.2) is 0 Å². The van der Waals surface area contributed by atoms with Gasteiger partial charge in [0, 0.05) is 11.8 Å². The number of nitrogens with zero attached hydrogens (tertiary/aromatic N) is 1. The van der Waals surface area contributed by atoms with Crippen LogP contribution in [-0.4, -0.2) is 10.1 Å². The van der Waals surface area contributed by atoms with Crippen LogP contribution in [0.4, 0.5) is 4.39 Å². The molecule has 0 unspecified atom stereocenters. The summed E-state index contributed by atoms with van der Waals surface area (Å²) in [4.78, 5) is 3.58. The van der Waals surface area contributed by atoms with Crippen LogP contribution in [0.2, 0.25) is 0 Å². The highest BCUT2D eigenvalue weighted by atomic mass is 19.1. The summed E-state index contributed by atoms with van der Waals surface area (Å²) >= 11 is 0. The summed E-state index contributed by atoms with van der Waals surface area (Å²) in [5.41, 5.74) is 0.322. The summed E-state index contributed by atoms with van der Waals surface area (Å²) in [7, 11) is 0. The molecule has 0 fully saturated rings. The minimum absolute atomic E-state index is 0.322. The number of aliphatic hydroxyl groups excluding tert-OH is 1. The van der Waals surface area contributed by atoms with Crippen LogP contribution in [0.3, 0.4) is 0 Å². The molecule has 60 valence electrons. The Balaban J connectivity index is 2.93. The Bertz CT molecular complexity index is 239. The maximum absolute atomic E-state index is 12.8. The fourth-order valence-corrected chi connectivity index (χ4v) is 0.876. The topological polar surface area (TPSA) is 33.1 Å². The fourth-order valence-electron chi connectivity index (χ4n) is 0.876.